The lowest BCUT2D eigenvalue weighted by atomic mass is 10.3. The Hall–Kier alpha value is -2.71. The van der Waals surface area contributed by atoms with Crippen LogP contribution in [0.3, 0.4) is 0 Å². The lowest BCUT2D eigenvalue weighted by molar-refractivity contribution is 0.354. The summed E-state index contributed by atoms with van der Waals surface area (Å²) in [5, 5.41) is 1.92. The highest BCUT2D eigenvalue weighted by molar-refractivity contribution is 7.92. The van der Waals surface area contributed by atoms with Crippen LogP contribution in [0.4, 0.5) is 5.69 Å². The molecule has 3 rings (SSSR count). The van der Waals surface area contributed by atoms with Gasteiger partial charge in [-0.3, -0.25) is 4.31 Å². The van der Waals surface area contributed by atoms with Crippen molar-refractivity contribution in [1.29, 1.82) is 0 Å². The van der Waals surface area contributed by atoms with Crippen molar-refractivity contribution in [2.45, 2.75) is 11.4 Å². The Morgan fingerprint density at radius 3 is 2.18 bits per heavy atom. The van der Waals surface area contributed by atoms with Gasteiger partial charge in [-0.2, -0.15) is 0 Å². The van der Waals surface area contributed by atoms with Gasteiger partial charge in [0.15, 0.2) is 11.5 Å². The summed E-state index contributed by atoms with van der Waals surface area (Å²) in [5.74, 6) is 1.48. The van der Waals surface area contributed by atoms with Gasteiger partial charge in [0, 0.05) is 10.9 Å². The molecule has 6 nitrogen and oxygen atoms in total. The molecule has 0 saturated carbocycles. The van der Waals surface area contributed by atoms with E-state index in [1.54, 1.807) is 37.4 Å². The molecule has 1 aromatic heterocycles. The van der Waals surface area contributed by atoms with E-state index in [0.29, 0.717) is 22.9 Å². The van der Waals surface area contributed by atoms with Gasteiger partial charge in [0.1, 0.15) is 5.75 Å². The zero-order valence-corrected chi connectivity index (χ0v) is 17.4. The van der Waals surface area contributed by atoms with Gasteiger partial charge in [0.05, 0.1) is 38.5 Å². The van der Waals surface area contributed by atoms with Crippen LogP contribution in [-0.4, -0.2) is 29.7 Å². The van der Waals surface area contributed by atoms with Crippen LogP contribution in [0.25, 0.3) is 0 Å². The number of methoxy groups -OCH3 is 3. The first kappa shape index (κ1) is 20.0. The van der Waals surface area contributed by atoms with Crippen molar-refractivity contribution >= 4 is 27.0 Å². The van der Waals surface area contributed by atoms with Gasteiger partial charge in [0.25, 0.3) is 10.0 Å². The van der Waals surface area contributed by atoms with Crippen molar-refractivity contribution in [1.82, 2.24) is 0 Å². The quantitative estimate of drug-likeness (QED) is 0.548. The Morgan fingerprint density at radius 2 is 1.61 bits per heavy atom. The number of sulfonamides is 1. The number of hydrogen-bond acceptors (Lipinski definition) is 6. The normalized spacial score (nSPS) is 11.1. The van der Waals surface area contributed by atoms with Crippen molar-refractivity contribution in [3.05, 3.63) is 64.9 Å². The smallest absolute Gasteiger partial charge is 0.264 e. The topological polar surface area (TPSA) is 65.1 Å². The third kappa shape index (κ3) is 4.07. The summed E-state index contributed by atoms with van der Waals surface area (Å²) in [4.78, 5) is 1.05. The predicted octanol–water partition coefficient (Wildman–Crippen LogP) is 4.17. The van der Waals surface area contributed by atoms with Crippen LogP contribution in [0.5, 0.6) is 17.2 Å². The molecule has 148 valence electrons. The molecule has 2 aromatic carbocycles. The summed E-state index contributed by atoms with van der Waals surface area (Å²) in [6.45, 7) is 0.223. The Morgan fingerprint density at radius 1 is 0.893 bits per heavy atom. The van der Waals surface area contributed by atoms with E-state index in [9.17, 15) is 8.42 Å². The number of hydrogen-bond donors (Lipinski definition) is 0. The predicted molar refractivity (Wildman–Crippen MR) is 110 cm³/mol. The molecule has 0 spiro atoms. The fraction of sp³-hybridized carbons (Fsp3) is 0.200. The molecule has 0 fully saturated rings. The highest BCUT2D eigenvalue weighted by Crippen LogP contribution is 2.33. The van der Waals surface area contributed by atoms with Gasteiger partial charge in [-0.05, 0) is 47.8 Å². The van der Waals surface area contributed by atoms with Crippen molar-refractivity contribution in [2.75, 3.05) is 25.6 Å². The van der Waals surface area contributed by atoms with Crippen LogP contribution in [0, 0.1) is 0 Å². The zero-order chi connectivity index (χ0) is 20.1. The summed E-state index contributed by atoms with van der Waals surface area (Å²) in [5.41, 5.74) is 0.545. The SMILES string of the molecule is COc1ccc(N(Cc2cccs2)S(=O)(=O)c2ccc(OC)c(OC)c2)cc1. The average Bonchev–Trinajstić information content (AvgIpc) is 3.24. The second kappa shape index (κ2) is 8.53. The first-order valence-electron chi connectivity index (χ1n) is 8.41. The molecule has 0 bridgehead atoms. The molecular formula is C20H21NO5S2. The van der Waals surface area contributed by atoms with Gasteiger partial charge in [-0.25, -0.2) is 8.42 Å². The number of rotatable bonds is 8. The first-order chi connectivity index (χ1) is 13.5. The number of nitrogens with zero attached hydrogens (tertiary/aromatic N) is 1. The van der Waals surface area contributed by atoms with Crippen molar-refractivity contribution in [2.24, 2.45) is 0 Å². The number of thiophene rings is 1. The third-order valence-corrected chi connectivity index (χ3v) is 6.81. The molecule has 28 heavy (non-hydrogen) atoms. The maximum atomic E-state index is 13.5. The molecule has 1 heterocycles. The highest BCUT2D eigenvalue weighted by Gasteiger charge is 2.27. The number of ether oxygens (including phenoxy) is 3. The molecule has 8 heteroatoms. The fourth-order valence-electron chi connectivity index (χ4n) is 2.71. The summed E-state index contributed by atoms with van der Waals surface area (Å²) in [6.07, 6.45) is 0. The second-order valence-electron chi connectivity index (χ2n) is 5.81. The lowest BCUT2D eigenvalue weighted by Gasteiger charge is -2.24. The largest absolute Gasteiger partial charge is 0.497 e. The fourth-order valence-corrected chi connectivity index (χ4v) is 4.95. The maximum Gasteiger partial charge on any atom is 0.264 e. The molecule has 0 radical (unpaired) electrons. The van der Waals surface area contributed by atoms with E-state index in [1.165, 1.54) is 42.0 Å². The third-order valence-electron chi connectivity index (χ3n) is 4.18. The molecule has 0 atom stereocenters. The van der Waals surface area contributed by atoms with Crippen molar-refractivity contribution < 1.29 is 22.6 Å². The number of benzene rings is 2. The lowest BCUT2D eigenvalue weighted by Crippen LogP contribution is -2.30. The molecule has 0 amide bonds. The Balaban J connectivity index is 2.07. The van der Waals surface area contributed by atoms with Gasteiger partial charge < -0.3 is 14.2 Å². The molecule has 0 aliphatic carbocycles. The first-order valence-corrected chi connectivity index (χ1v) is 10.7. The van der Waals surface area contributed by atoms with Crippen LogP contribution in [0.2, 0.25) is 0 Å². The van der Waals surface area contributed by atoms with Gasteiger partial charge in [-0.1, -0.05) is 6.07 Å². The van der Waals surface area contributed by atoms with Gasteiger partial charge in [0.2, 0.25) is 0 Å². The Bertz CT molecular complexity index is 1020. The van der Waals surface area contributed by atoms with E-state index in [1.807, 2.05) is 17.5 Å². The highest BCUT2D eigenvalue weighted by atomic mass is 32.2. The summed E-state index contributed by atoms with van der Waals surface area (Å²) in [7, 11) is 0.704. The number of anilines is 1. The molecule has 0 N–H and O–H groups in total. The zero-order valence-electron chi connectivity index (χ0n) is 15.8. The second-order valence-corrected chi connectivity index (χ2v) is 8.70. The van der Waals surface area contributed by atoms with Crippen LogP contribution < -0.4 is 18.5 Å². The van der Waals surface area contributed by atoms with Crippen LogP contribution in [0.1, 0.15) is 4.88 Å². The van der Waals surface area contributed by atoms with E-state index < -0.39 is 10.0 Å². The average molecular weight is 420 g/mol. The molecule has 0 aliphatic heterocycles. The van der Waals surface area contributed by atoms with Crippen molar-refractivity contribution in [3.8, 4) is 17.2 Å². The molecule has 0 saturated heterocycles. The minimum Gasteiger partial charge on any atom is -0.497 e. The summed E-state index contributed by atoms with van der Waals surface area (Å²) in [6, 6.07) is 15.3. The van der Waals surface area contributed by atoms with E-state index in [-0.39, 0.29) is 11.4 Å². The van der Waals surface area contributed by atoms with Crippen LogP contribution in [0.15, 0.2) is 64.9 Å². The molecular weight excluding hydrogens is 398 g/mol. The molecule has 0 aliphatic rings. The Kier molecular flexibility index (Phi) is 6.11. The van der Waals surface area contributed by atoms with Gasteiger partial charge >= 0.3 is 0 Å². The minimum atomic E-state index is -3.84. The van der Waals surface area contributed by atoms with E-state index >= 15 is 0 Å². The van der Waals surface area contributed by atoms with Gasteiger partial charge in [-0.15, -0.1) is 11.3 Å². The maximum absolute atomic E-state index is 13.5. The van der Waals surface area contributed by atoms with Crippen LogP contribution >= 0.6 is 11.3 Å². The standard InChI is InChI=1S/C20H21NO5S2/c1-24-16-8-6-15(7-9-16)21(14-17-5-4-12-27-17)28(22,23)18-10-11-19(25-2)20(13-18)26-3/h4-13H,14H2,1-3H3. The Labute approximate surface area is 169 Å². The van der Waals surface area contributed by atoms with E-state index in [0.717, 1.165) is 4.88 Å². The molecule has 3 aromatic rings. The minimum absolute atomic E-state index is 0.123. The van der Waals surface area contributed by atoms with Crippen molar-refractivity contribution in [3.63, 3.8) is 0 Å². The summed E-state index contributed by atoms with van der Waals surface area (Å²) >= 11 is 1.50. The monoisotopic (exact) mass is 419 g/mol. The van der Waals surface area contributed by atoms with E-state index in [4.69, 9.17) is 14.2 Å². The van der Waals surface area contributed by atoms with Crippen LogP contribution in [-0.2, 0) is 16.6 Å². The van der Waals surface area contributed by atoms with E-state index in [2.05, 4.69) is 0 Å². The molecule has 0 unspecified atom stereocenters. The summed E-state index contributed by atoms with van der Waals surface area (Å²) < 4.78 is 44.0.